The molecule has 0 saturated carbocycles. The van der Waals surface area contributed by atoms with Crippen molar-refractivity contribution in [3.8, 4) is 56.4 Å². The van der Waals surface area contributed by atoms with Crippen LogP contribution < -0.4 is 19.3 Å². The number of fused-ring (bicyclic) bond motifs is 6. The van der Waals surface area contributed by atoms with E-state index < -0.39 is 10.8 Å². The number of para-hydroxylation sites is 2. The van der Waals surface area contributed by atoms with Crippen LogP contribution in [0.15, 0.2) is 341 Å². The average molecular weight is 1260 g/mol. The van der Waals surface area contributed by atoms with E-state index >= 15 is 0 Å². The molecule has 2 aliphatic carbocycles. The summed E-state index contributed by atoms with van der Waals surface area (Å²) in [5, 5.41) is 0. The van der Waals surface area contributed by atoms with E-state index in [2.05, 4.69) is 330 Å². The highest BCUT2D eigenvalue weighted by Crippen LogP contribution is 2.60. The highest BCUT2D eigenvalue weighted by atomic mass is 16.5. The minimum absolute atomic E-state index is 0.655. The lowest BCUT2D eigenvalue weighted by Crippen LogP contribution is -2.30. The maximum absolute atomic E-state index is 6.47. The molecule has 0 amide bonds. The lowest BCUT2D eigenvalue weighted by Gasteiger charge is -2.36. The van der Waals surface area contributed by atoms with Crippen molar-refractivity contribution in [3.63, 3.8) is 0 Å². The molecule has 0 fully saturated rings. The number of aryl methyl sites for hydroxylation is 4. The van der Waals surface area contributed by atoms with Crippen molar-refractivity contribution in [2.24, 2.45) is 0 Å². The van der Waals surface area contributed by atoms with Crippen LogP contribution in [-0.4, -0.2) is 0 Å². The minimum Gasteiger partial charge on any atom is -0.457 e. The molecule has 2 unspecified atom stereocenters. The van der Waals surface area contributed by atoms with Gasteiger partial charge in [-0.15, -0.1) is 0 Å². The van der Waals surface area contributed by atoms with E-state index in [1.807, 2.05) is 60.7 Å². The van der Waals surface area contributed by atoms with Crippen LogP contribution >= 0.6 is 0 Å². The number of anilines is 6. The molecule has 16 rings (SSSR count). The van der Waals surface area contributed by atoms with Crippen molar-refractivity contribution < 1.29 is 9.47 Å². The smallest absolute Gasteiger partial charge is 0.127 e. The van der Waals surface area contributed by atoms with Crippen molar-refractivity contribution in [1.82, 2.24) is 0 Å². The van der Waals surface area contributed by atoms with Gasteiger partial charge in [0.1, 0.15) is 23.0 Å². The van der Waals surface area contributed by atoms with Gasteiger partial charge in [0.05, 0.1) is 10.8 Å². The predicted octanol–water partition coefficient (Wildman–Crippen LogP) is 25.1. The standard InChI is InChI=1S/C94H72N2O2/c1-7-67-31-49-79(50-32-67)97-81-53-39-71(40-54-81)93(89-59-63(3)27-29-65(89)5)87-25-17-15-23-83(87)85-57-47-77(61-91(85)93)95(73-19-11-9-12-20-73)75-43-35-69(36-44-75)70-37-45-76(46-38-70)96(74-21-13-10-14-22-74)78-48-58-86-84-24-16-18-26-88(84)94(92(86)62-78,90-60-64(4)28-30-66(90)6)72-41-55-82(56-42-72)98-80-51-33-68(8-2)34-52-80/h7-62H,1-2H2,3-6H3. The van der Waals surface area contributed by atoms with Gasteiger partial charge in [-0.1, -0.05) is 243 Å². The maximum atomic E-state index is 6.47. The van der Waals surface area contributed by atoms with E-state index in [0.29, 0.717) is 0 Å². The molecule has 0 aromatic heterocycles. The lowest BCUT2D eigenvalue weighted by atomic mass is 9.66. The first-order valence-corrected chi connectivity index (χ1v) is 33.7. The molecule has 14 aromatic carbocycles. The van der Waals surface area contributed by atoms with E-state index in [-0.39, 0.29) is 0 Å². The van der Waals surface area contributed by atoms with Gasteiger partial charge in [0.15, 0.2) is 0 Å². The van der Waals surface area contributed by atoms with E-state index in [9.17, 15) is 0 Å². The second-order valence-corrected chi connectivity index (χ2v) is 25.9. The van der Waals surface area contributed by atoms with Crippen molar-refractivity contribution in [2.45, 2.75) is 38.5 Å². The Bertz CT molecular complexity index is 4980. The molecule has 0 bridgehead atoms. The van der Waals surface area contributed by atoms with Gasteiger partial charge in [-0.25, -0.2) is 0 Å². The van der Waals surface area contributed by atoms with Crippen LogP contribution in [0.25, 0.3) is 45.5 Å². The normalized spacial score (nSPS) is 14.7. The third kappa shape index (κ3) is 10.5. The summed E-state index contributed by atoms with van der Waals surface area (Å²) >= 11 is 0. The van der Waals surface area contributed by atoms with Crippen molar-refractivity contribution in [1.29, 1.82) is 0 Å². The Morgan fingerprint density at radius 3 is 0.949 bits per heavy atom. The Morgan fingerprint density at radius 1 is 0.265 bits per heavy atom. The van der Waals surface area contributed by atoms with Crippen LogP contribution in [0.5, 0.6) is 23.0 Å². The first-order valence-electron chi connectivity index (χ1n) is 33.7. The van der Waals surface area contributed by atoms with E-state index in [1.54, 1.807) is 0 Å². The largest absolute Gasteiger partial charge is 0.457 e. The van der Waals surface area contributed by atoms with Crippen molar-refractivity contribution >= 4 is 46.3 Å². The molecule has 4 heteroatoms. The average Bonchev–Trinajstić information content (AvgIpc) is 1.53. The van der Waals surface area contributed by atoms with E-state index in [4.69, 9.17) is 9.47 Å². The molecule has 14 aromatic rings. The fraction of sp³-hybridized carbons (Fsp3) is 0.0638. The van der Waals surface area contributed by atoms with E-state index in [0.717, 1.165) is 79.4 Å². The second kappa shape index (κ2) is 25.2. The number of hydrogen-bond donors (Lipinski definition) is 0. The highest BCUT2D eigenvalue weighted by molar-refractivity contribution is 5.92. The summed E-state index contributed by atoms with van der Waals surface area (Å²) in [6.45, 7) is 16.8. The summed E-state index contributed by atoms with van der Waals surface area (Å²) in [6.07, 6.45) is 3.69. The van der Waals surface area contributed by atoms with Crippen molar-refractivity contribution in [3.05, 3.63) is 419 Å². The third-order valence-electron chi connectivity index (χ3n) is 20.1. The Balaban J connectivity index is 0.765. The lowest BCUT2D eigenvalue weighted by molar-refractivity contribution is 0.482. The number of nitrogens with zero attached hydrogens (tertiary/aromatic N) is 2. The Labute approximate surface area is 575 Å². The van der Waals surface area contributed by atoms with Gasteiger partial charge in [0.25, 0.3) is 0 Å². The number of ether oxygens (including phenoxy) is 2. The van der Waals surface area contributed by atoms with Gasteiger partial charge >= 0.3 is 0 Å². The molecule has 2 atom stereocenters. The van der Waals surface area contributed by atoms with Gasteiger partial charge in [-0.3, -0.25) is 0 Å². The van der Waals surface area contributed by atoms with Crippen LogP contribution in [-0.2, 0) is 10.8 Å². The first kappa shape index (κ1) is 60.7. The molecule has 4 nitrogen and oxygen atoms in total. The number of hydrogen-bond acceptors (Lipinski definition) is 4. The zero-order chi connectivity index (χ0) is 66.5. The molecule has 0 aliphatic heterocycles. The monoisotopic (exact) mass is 1260 g/mol. The zero-order valence-corrected chi connectivity index (χ0v) is 55.5. The quantitative estimate of drug-likeness (QED) is 0.0907. The Kier molecular flexibility index (Phi) is 15.6. The third-order valence-corrected chi connectivity index (χ3v) is 20.1. The molecule has 0 spiro atoms. The number of benzene rings is 14. The highest BCUT2D eigenvalue weighted by Gasteiger charge is 2.49. The summed E-state index contributed by atoms with van der Waals surface area (Å²) in [5.41, 5.74) is 29.0. The first-order chi connectivity index (χ1) is 48.1. The van der Waals surface area contributed by atoms with Crippen LogP contribution in [0, 0.1) is 27.7 Å². The van der Waals surface area contributed by atoms with Gasteiger partial charge in [0.2, 0.25) is 0 Å². The van der Waals surface area contributed by atoms with Crippen LogP contribution in [0.4, 0.5) is 34.1 Å². The molecule has 470 valence electrons. The molecular weight excluding hydrogens is 1190 g/mol. The van der Waals surface area contributed by atoms with Gasteiger partial charge in [-0.05, 0) is 249 Å². The molecule has 0 N–H and O–H groups in total. The summed E-state index contributed by atoms with van der Waals surface area (Å²) in [4.78, 5) is 4.80. The maximum Gasteiger partial charge on any atom is 0.127 e. The summed E-state index contributed by atoms with van der Waals surface area (Å²) in [7, 11) is 0. The SMILES string of the molecule is C=Cc1ccc(Oc2ccc(C3(c4cc(C)ccc4C)c4ccccc4-c4ccc(N(c5ccccc5)c5ccc(-c6ccc(N(c7ccccc7)c7ccc8c(c7)C(c7ccc(Oc9ccc(C=C)cc9)cc7)(c7cc(C)ccc7C)c7ccccc7-8)cc6)cc5)cc43)cc2)cc1. The van der Waals surface area contributed by atoms with Crippen LogP contribution in [0.3, 0.4) is 0 Å². The van der Waals surface area contributed by atoms with Gasteiger partial charge in [0, 0.05) is 34.1 Å². The van der Waals surface area contributed by atoms with Crippen LogP contribution in [0.2, 0.25) is 0 Å². The number of rotatable bonds is 17. The fourth-order valence-corrected chi connectivity index (χ4v) is 15.4. The zero-order valence-electron chi connectivity index (χ0n) is 55.5. The minimum atomic E-state index is -0.655. The molecule has 98 heavy (non-hydrogen) atoms. The molecule has 0 heterocycles. The Hall–Kier alpha value is -12.2. The summed E-state index contributed by atoms with van der Waals surface area (Å²) in [5.74, 6) is 3.10. The Morgan fingerprint density at radius 2 is 0.582 bits per heavy atom. The van der Waals surface area contributed by atoms with Crippen molar-refractivity contribution in [2.75, 3.05) is 9.80 Å². The fourth-order valence-electron chi connectivity index (χ4n) is 15.4. The molecule has 0 saturated heterocycles. The van der Waals surface area contributed by atoms with E-state index in [1.165, 1.54) is 89.0 Å². The van der Waals surface area contributed by atoms with Gasteiger partial charge in [-0.2, -0.15) is 0 Å². The topological polar surface area (TPSA) is 24.9 Å². The molecular formula is C94H72N2O2. The molecule has 0 radical (unpaired) electrons. The predicted molar refractivity (Wildman–Crippen MR) is 408 cm³/mol. The molecule has 2 aliphatic rings. The summed E-state index contributed by atoms with van der Waals surface area (Å²) in [6, 6.07) is 119. The second-order valence-electron chi connectivity index (χ2n) is 25.9. The van der Waals surface area contributed by atoms with Crippen LogP contribution in [0.1, 0.15) is 77.9 Å². The van der Waals surface area contributed by atoms with Gasteiger partial charge < -0.3 is 19.3 Å². The summed E-state index contributed by atoms with van der Waals surface area (Å²) < 4.78 is 12.9.